The maximum atomic E-state index is 11.7. The zero-order valence-electron chi connectivity index (χ0n) is 9.20. The van der Waals surface area contributed by atoms with E-state index >= 15 is 0 Å². The quantitative estimate of drug-likeness (QED) is 0.567. The van der Waals surface area contributed by atoms with Gasteiger partial charge in [-0.15, -0.1) is 11.3 Å². The molecule has 1 rings (SSSR count). The van der Waals surface area contributed by atoms with Crippen LogP contribution in [0.1, 0.15) is 35.9 Å². The fourth-order valence-corrected chi connectivity index (χ4v) is 3.80. The lowest BCUT2D eigenvalue weighted by molar-refractivity contribution is 0.102. The van der Waals surface area contributed by atoms with E-state index in [0.717, 1.165) is 23.0 Å². The van der Waals surface area contributed by atoms with Crippen LogP contribution in [0.5, 0.6) is 0 Å². The van der Waals surface area contributed by atoms with Crippen LogP contribution < -0.4 is 0 Å². The third kappa shape index (κ3) is 4.89. The Labute approximate surface area is 111 Å². The fraction of sp³-hybridized carbons (Fsp3) is 0.545. The van der Waals surface area contributed by atoms with Crippen LogP contribution in [0.4, 0.5) is 0 Å². The molecule has 0 aromatic carbocycles. The fourth-order valence-electron chi connectivity index (χ4n) is 1.27. The average Bonchev–Trinajstić information content (AvgIpc) is 2.65. The van der Waals surface area contributed by atoms with Crippen molar-refractivity contribution in [1.29, 1.82) is 0 Å². The van der Waals surface area contributed by atoms with Gasteiger partial charge in [-0.2, -0.15) is 0 Å². The number of carbonyl (C=O) groups excluding carboxylic acids is 1. The summed E-state index contributed by atoms with van der Waals surface area (Å²) in [7, 11) is -1.00. The number of ketones is 1. The van der Waals surface area contributed by atoms with Crippen molar-refractivity contribution in [3.05, 3.63) is 20.8 Å². The molecule has 0 spiro atoms. The molecule has 0 saturated heterocycles. The van der Waals surface area contributed by atoms with Crippen molar-refractivity contribution in [2.45, 2.75) is 26.2 Å². The highest BCUT2D eigenvalue weighted by molar-refractivity contribution is 9.11. The van der Waals surface area contributed by atoms with E-state index in [4.69, 9.17) is 0 Å². The molecular formula is C11H15BrO2S2. The van der Waals surface area contributed by atoms with Gasteiger partial charge in [-0.1, -0.05) is 19.8 Å². The lowest BCUT2D eigenvalue weighted by Gasteiger charge is -1.99. The van der Waals surface area contributed by atoms with Gasteiger partial charge >= 0.3 is 0 Å². The second kappa shape index (κ2) is 7.35. The molecule has 1 aromatic heterocycles. The molecule has 1 aromatic rings. The van der Waals surface area contributed by atoms with Crippen LogP contribution in [-0.2, 0) is 10.8 Å². The highest BCUT2D eigenvalue weighted by Gasteiger charge is 2.12. The normalized spacial score (nSPS) is 12.6. The molecule has 0 N–H and O–H groups in total. The number of hydrogen-bond donors (Lipinski definition) is 0. The number of thiophene rings is 1. The molecule has 1 atom stereocenters. The molecule has 1 heterocycles. The smallest absolute Gasteiger partial charge is 0.185 e. The van der Waals surface area contributed by atoms with E-state index in [1.165, 1.54) is 11.3 Å². The summed E-state index contributed by atoms with van der Waals surface area (Å²) in [4.78, 5) is 12.4. The molecule has 0 fully saturated rings. The average molecular weight is 323 g/mol. The minimum atomic E-state index is -1.00. The number of unbranched alkanes of at least 4 members (excludes halogenated alkanes) is 2. The zero-order chi connectivity index (χ0) is 12.0. The standard InChI is InChI=1S/C11H15BrO2S2/c1-2-3-4-7-16(14)8-9(13)10-5-6-11(12)15-10/h5-6H,2-4,7-8H2,1H3. The van der Waals surface area contributed by atoms with Gasteiger partial charge in [-0.3, -0.25) is 9.00 Å². The number of carbonyl (C=O) groups is 1. The SMILES string of the molecule is CCCCCS(=O)CC(=O)c1ccc(Br)s1. The van der Waals surface area contributed by atoms with Gasteiger partial charge in [-0.25, -0.2) is 0 Å². The minimum Gasteiger partial charge on any atom is -0.292 e. The van der Waals surface area contributed by atoms with Crippen molar-refractivity contribution in [1.82, 2.24) is 0 Å². The van der Waals surface area contributed by atoms with Crippen molar-refractivity contribution >= 4 is 43.8 Å². The first-order valence-corrected chi connectivity index (χ1v) is 8.36. The predicted octanol–water partition coefficient (Wildman–Crippen LogP) is 3.63. The van der Waals surface area contributed by atoms with Gasteiger partial charge in [0.15, 0.2) is 5.78 Å². The highest BCUT2D eigenvalue weighted by Crippen LogP contribution is 2.22. The van der Waals surface area contributed by atoms with Crippen molar-refractivity contribution < 1.29 is 9.00 Å². The first kappa shape index (κ1) is 14.1. The van der Waals surface area contributed by atoms with Gasteiger partial charge in [0.2, 0.25) is 0 Å². The molecule has 0 amide bonds. The molecule has 16 heavy (non-hydrogen) atoms. The zero-order valence-corrected chi connectivity index (χ0v) is 12.4. The Bertz CT molecular complexity index is 374. The predicted molar refractivity (Wildman–Crippen MR) is 73.8 cm³/mol. The molecule has 0 aliphatic carbocycles. The molecule has 2 nitrogen and oxygen atoms in total. The third-order valence-electron chi connectivity index (χ3n) is 2.12. The lowest BCUT2D eigenvalue weighted by atomic mass is 10.3. The van der Waals surface area contributed by atoms with Crippen LogP contribution in [0.2, 0.25) is 0 Å². The van der Waals surface area contributed by atoms with Gasteiger partial charge in [0.25, 0.3) is 0 Å². The Morgan fingerprint density at radius 3 is 2.75 bits per heavy atom. The largest absolute Gasteiger partial charge is 0.292 e. The monoisotopic (exact) mass is 322 g/mol. The molecule has 0 aliphatic heterocycles. The Kier molecular flexibility index (Phi) is 6.46. The molecule has 0 aliphatic rings. The Morgan fingerprint density at radius 2 is 2.19 bits per heavy atom. The van der Waals surface area contributed by atoms with Gasteiger partial charge in [-0.05, 0) is 34.5 Å². The van der Waals surface area contributed by atoms with E-state index in [1.807, 2.05) is 6.07 Å². The summed E-state index contributed by atoms with van der Waals surface area (Å²) in [6, 6.07) is 3.62. The molecule has 0 bridgehead atoms. The molecular weight excluding hydrogens is 308 g/mol. The Morgan fingerprint density at radius 1 is 1.44 bits per heavy atom. The van der Waals surface area contributed by atoms with Crippen molar-refractivity contribution in [3.8, 4) is 0 Å². The lowest BCUT2D eigenvalue weighted by Crippen LogP contribution is -2.12. The number of hydrogen-bond acceptors (Lipinski definition) is 3. The minimum absolute atomic E-state index is 0.00877. The molecule has 5 heteroatoms. The first-order chi connectivity index (χ1) is 7.63. The summed E-state index contributed by atoms with van der Waals surface area (Å²) in [5.74, 6) is 0.800. The molecule has 1 unspecified atom stereocenters. The summed E-state index contributed by atoms with van der Waals surface area (Å²) in [5, 5.41) is 0. The summed E-state index contributed by atoms with van der Waals surface area (Å²) in [6.45, 7) is 2.11. The van der Waals surface area contributed by atoms with E-state index in [9.17, 15) is 9.00 Å². The Hall–Kier alpha value is -0.0000000000000000833. The van der Waals surface area contributed by atoms with Crippen molar-refractivity contribution in [2.24, 2.45) is 0 Å². The van der Waals surface area contributed by atoms with Crippen LogP contribution in [0, 0.1) is 0 Å². The summed E-state index contributed by atoms with van der Waals surface area (Å²) < 4.78 is 12.5. The number of rotatable bonds is 7. The molecule has 0 saturated carbocycles. The third-order valence-corrected chi connectivity index (χ3v) is 5.11. The van der Waals surface area contributed by atoms with Gasteiger partial charge in [0, 0.05) is 16.6 Å². The van der Waals surface area contributed by atoms with Crippen molar-refractivity contribution in [3.63, 3.8) is 0 Å². The van der Waals surface area contributed by atoms with Gasteiger partial charge in [0.05, 0.1) is 14.4 Å². The van der Waals surface area contributed by atoms with E-state index in [-0.39, 0.29) is 11.5 Å². The molecule has 0 radical (unpaired) electrons. The van der Waals surface area contributed by atoms with E-state index in [2.05, 4.69) is 22.9 Å². The number of halogens is 1. The van der Waals surface area contributed by atoms with Gasteiger partial charge < -0.3 is 0 Å². The van der Waals surface area contributed by atoms with Gasteiger partial charge in [0.1, 0.15) is 0 Å². The Balaban J connectivity index is 2.37. The summed E-state index contributed by atoms with van der Waals surface area (Å²) in [6.07, 6.45) is 3.15. The second-order valence-electron chi connectivity index (χ2n) is 3.52. The van der Waals surface area contributed by atoms with Crippen molar-refractivity contribution in [2.75, 3.05) is 11.5 Å². The van der Waals surface area contributed by atoms with E-state index < -0.39 is 10.8 Å². The second-order valence-corrected chi connectivity index (χ2v) is 7.56. The van der Waals surface area contributed by atoms with E-state index in [1.54, 1.807) is 6.07 Å². The van der Waals surface area contributed by atoms with E-state index in [0.29, 0.717) is 10.6 Å². The van der Waals surface area contributed by atoms with Crippen LogP contribution in [0.3, 0.4) is 0 Å². The van der Waals surface area contributed by atoms with Crippen LogP contribution in [0.15, 0.2) is 15.9 Å². The van der Waals surface area contributed by atoms with Crippen LogP contribution in [-0.4, -0.2) is 21.5 Å². The van der Waals surface area contributed by atoms with Crippen LogP contribution in [0.25, 0.3) is 0 Å². The maximum Gasteiger partial charge on any atom is 0.185 e. The molecule has 90 valence electrons. The highest BCUT2D eigenvalue weighted by atomic mass is 79.9. The topological polar surface area (TPSA) is 34.1 Å². The maximum absolute atomic E-state index is 11.7. The summed E-state index contributed by atoms with van der Waals surface area (Å²) in [5.41, 5.74) is 0. The first-order valence-electron chi connectivity index (χ1n) is 5.27. The van der Waals surface area contributed by atoms with Crippen LogP contribution >= 0.6 is 27.3 Å². The summed E-state index contributed by atoms with van der Waals surface area (Å²) >= 11 is 4.71. The number of Topliss-reactive ketones (excluding diaryl/α,β-unsaturated/α-hetero) is 1.